The zero-order valence-corrected chi connectivity index (χ0v) is 13.2. The Morgan fingerprint density at radius 1 is 1.38 bits per heavy atom. The molecule has 0 spiro atoms. The van der Waals surface area contributed by atoms with Crippen molar-refractivity contribution in [2.75, 3.05) is 13.7 Å². The normalized spacial score (nSPS) is 18.4. The summed E-state index contributed by atoms with van der Waals surface area (Å²) in [4.78, 5) is 25.9. The van der Waals surface area contributed by atoms with Crippen molar-refractivity contribution in [3.8, 4) is 0 Å². The molecule has 1 aromatic rings. The fraction of sp³-hybridized carbons (Fsp3) is 0.500. The molecule has 2 rings (SSSR count). The lowest BCUT2D eigenvalue weighted by molar-refractivity contribution is -0.142. The topological polar surface area (TPSA) is 46.6 Å². The minimum absolute atomic E-state index is 0.0643. The molecule has 114 valence electrons. The third kappa shape index (κ3) is 3.76. The van der Waals surface area contributed by atoms with Crippen LogP contribution in [0.1, 0.15) is 41.6 Å². The monoisotopic (exact) mass is 309 g/mol. The maximum atomic E-state index is 12.7. The van der Waals surface area contributed by atoms with Gasteiger partial charge in [0.25, 0.3) is 5.91 Å². The Balaban J connectivity index is 2.17. The third-order valence-corrected chi connectivity index (χ3v) is 4.34. The van der Waals surface area contributed by atoms with Gasteiger partial charge in [-0.3, -0.25) is 9.59 Å². The van der Waals surface area contributed by atoms with Gasteiger partial charge in [-0.1, -0.05) is 17.7 Å². The first-order valence-electron chi connectivity index (χ1n) is 7.17. The molecule has 0 radical (unpaired) electrons. The standard InChI is InChI=1S/C16H20ClNO3/c1-11-6-7-12(9-14(11)17)16(20)18-8-4-3-5-13(18)10-15(19)21-2/h6-7,9,13H,3-5,8,10H2,1-2H3. The quantitative estimate of drug-likeness (QED) is 0.806. The van der Waals surface area contributed by atoms with Crippen molar-refractivity contribution >= 4 is 23.5 Å². The number of methoxy groups -OCH3 is 1. The van der Waals surface area contributed by atoms with Gasteiger partial charge < -0.3 is 9.64 Å². The van der Waals surface area contributed by atoms with E-state index in [9.17, 15) is 9.59 Å². The predicted molar refractivity (Wildman–Crippen MR) is 81.5 cm³/mol. The van der Waals surface area contributed by atoms with Crippen molar-refractivity contribution < 1.29 is 14.3 Å². The number of benzene rings is 1. The van der Waals surface area contributed by atoms with Crippen molar-refractivity contribution in [2.45, 2.75) is 38.6 Å². The summed E-state index contributed by atoms with van der Waals surface area (Å²) in [5, 5.41) is 0.586. The van der Waals surface area contributed by atoms with Crippen LogP contribution in [0, 0.1) is 6.92 Å². The highest BCUT2D eigenvalue weighted by atomic mass is 35.5. The van der Waals surface area contributed by atoms with E-state index >= 15 is 0 Å². The molecule has 0 aromatic heterocycles. The lowest BCUT2D eigenvalue weighted by Gasteiger charge is -2.35. The summed E-state index contributed by atoms with van der Waals surface area (Å²) < 4.78 is 4.72. The number of rotatable bonds is 3. The second-order valence-electron chi connectivity index (χ2n) is 5.39. The molecule has 1 atom stereocenters. The number of aryl methyl sites for hydroxylation is 1. The van der Waals surface area contributed by atoms with Crippen LogP contribution in [0.4, 0.5) is 0 Å². The number of halogens is 1. The van der Waals surface area contributed by atoms with E-state index < -0.39 is 0 Å². The van der Waals surface area contributed by atoms with E-state index in [4.69, 9.17) is 16.3 Å². The highest BCUT2D eigenvalue weighted by Gasteiger charge is 2.29. The molecule has 0 saturated carbocycles. The zero-order valence-electron chi connectivity index (χ0n) is 12.4. The van der Waals surface area contributed by atoms with Crippen molar-refractivity contribution in [3.63, 3.8) is 0 Å². The fourth-order valence-corrected chi connectivity index (χ4v) is 2.83. The van der Waals surface area contributed by atoms with Crippen LogP contribution in [0.5, 0.6) is 0 Å². The summed E-state index contributed by atoms with van der Waals surface area (Å²) in [5.41, 5.74) is 1.51. The Hall–Kier alpha value is -1.55. The molecule has 0 bridgehead atoms. The maximum absolute atomic E-state index is 12.7. The van der Waals surface area contributed by atoms with Gasteiger partial charge in [-0.2, -0.15) is 0 Å². The molecule has 4 nitrogen and oxygen atoms in total. The Labute approximate surface area is 130 Å². The first kappa shape index (κ1) is 15.8. The van der Waals surface area contributed by atoms with Crippen LogP contribution in [0.25, 0.3) is 0 Å². The summed E-state index contributed by atoms with van der Waals surface area (Å²) in [5.74, 6) is -0.341. The highest BCUT2D eigenvalue weighted by Crippen LogP contribution is 2.24. The number of hydrogen-bond donors (Lipinski definition) is 0. The summed E-state index contributed by atoms with van der Waals surface area (Å²) in [6.07, 6.45) is 3.07. The van der Waals surface area contributed by atoms with E-state index in [-0.39, 0.29) is 24.3 Å². The number of nitrogens with zero attached hydrogens (tertiary/aromatic N) is 1. The molecule has 1 aromatic carbocycles. The average Bonchev–Trinajstić information content (AvgIpc) is 2.49. The Morgan fingerprint density at radius 2 is 2.14 bits per heavy atom. The van der Waals surface area contributed by atoms with Gasteiger partial charge in [0.2, 0.25) is 0 Å². The Morgan fingerprint density at radius 3 is 2.81 bits per heavy atom. The van der Waals surface area contributed by atoms with Crippen LogP contribution in [-0.2, 0) is 9.53 Å². The minimum Gasteiger partial charge on any atom is -0.469 e. The van der Waals surface area contributed by atoms with Crippen LogP contribution >= 0.6 is 11.6 Å². The second kappa shape index (κ2) is 6.94. The largest absolute Gasteiger partial charge is 0.469 e. The van der Waals surface area contributed by atoms with E-state index in [1.807, 2.05) is 13.0 Å². The van der Waals surface area contributed by atoms with Gasteiger partial charge in [-0.25, -0.2) is 0 Å². The first-order valence-corrected chi connectivity index (χ1v) is 7.54. The van der Waals surface area contributed by atoms with Gasteiger partial charge in [0, 0.05) is 23.2 Å². The van der Waals surface area contributed by atoms with Crippen LogP contribution in [0.2, 0.25) is 5.02 Å². The van der Waals surface area contributed by atoms with Gasteiger partial charge in [-0.15, -0.1) is 0 Å². The molecule has 1 amide bonds. The van der Waals surface area contributed by atoms with E-state index in [0.29, 0.717) is 17.1 Å². The number of likely N-dealkylation sites (tertiary alicyclic amines) is 1. The number of hydrogen-bond acceptors (Lipinski definition) is 3. The first-order chi connectivity index (χ1) is 10.0. The van der Waals surface area contributed by atoms with Gasteiger partial charge in [0.15, 0.2) is 0 Å². The molecule has 1 aliphatic heterocycles. The average molecular weight is 310 g/mol. The highest BCUT2D eigenvalue weighted by molar-refractivity contribution is 6.31. The Kier molecular flexibility index (Phi) is 5.23. The molecule has 5 heteroatoms. The van der Waals surface area contributed by atoms with Crippen molar-refractivity contribution in [3.05, 3.63) is 34.3 Å². The summed E-state index contributed by atoms with van der Waals surface area (Å²) in [6, 6.07) is 5.24. The van der Waals surface area contributed by atoms with Crippen LogP contribution in [-0.4, -0.2) is 36.5 Å². The fourth-order valence-electron chi connectivity index (χ4n) is 2.65. The van der Waals surface area contributed by atoms with E-state index in [2.05, 4.69) is 0 Å². The smallest absolute Gasteiger partial charge is 0.307 e. The molecule has 21 heavy (non-hydrogen) atoms. The van der Waals surface area contributed by atoms with Crippen LogP contribution in [0.15, 0.2) is 18.2 Å². The maximum Gasteiger partial charge on any atom is 0.307 e. The number of carbonyl (C=O) groups excluding carboxylic acids is 2. The number of carbonyl (C=O) groups is 2. The van der Waals surface area contributed by atoms with E-state index in [1.54, 1.807) is 17.0 Å². The molecule has 0 N–H and O–H groups in total. The van der Waals surface area contributed by atoms with Gasteiger partial charge >= 0.3 is 5.97 Å². The van der Waals surface area contributed by atoms with Gasteiger partial charge in [-0.05, 0) is 43.9 Å². The molecule has 1 aliphatic rings. The summed E-state index contributed by atoms with van der Waals surface area (Å²) in [6.45, 7) is 2.57. The second-order valence-corrected chi connectivity index (χ2v) is 5.80. The SMILES string of the molecule is COC(=O)CC1CCCCN1C(=O)c1ccc(C)c(Cl)c1. The Bertz CT molecular complexity index is 544. The predicted octanol–water partition coefficient (Wildman–Crippen LogP) is 3.21. The lowest BCUT2D eigenvalue weighted by atomic mass is 9.98. The number of esters is 1. The summed E-state index contributed by atoms with van der Waals surface area (Å²) in [7, 11) is 1.37. The van der Waals surface area contributed by atoms with Crippen LogP contribution < -0.4 is 0 Å². The number of piperidine rings is 1. The third-order valence-electron chi connectivity index (χ3n) is 3.94. The molecule has 1 unspecified atom stereocenters. The summed E-state index contributed by atoms with van der Waals surface area (Å²) >= 11 is 6.10. The van der Waals surface area contributed by atoms with Gasteiger partial charge in [0.05, 0.1) is 13.5 Å². The molecule has 1 heterocycles. The lowest BCUT2D eigenvalue weighted by Crippen LogP contribution is -2.44. The number of amides is 1. The molecule has 1 saturated heterocycles. The number of ether oxygens (including phenoxy) is 1. The molecular weight excluding hydrogens is 290 g/mol. The molecular formula is C16H20ClNO3. The van der Waals surface area contributed by atoms with Gasteiger partial charge in [0.1, 0.15) is 0 Å². The molecule has 0 aliphatic carbocycles. The minimum atomic E-state index is -0.276. The zero-order chi connectivity index (χ0) is 15.4. The van der Waals surface area contributed by atoms with E-state index in [0.717, 1.165) is 24.8 Å². The van der Waals surface area contributed by atoms with E-state index in [1.165, 1.54) is 7.11 Å². The van der Waals surface area contributed by atoms with Crippen molar-refractivity contribution in [2.24, 2.45) is 0 Å². The van der Waals surface area contributed by atoms with Crippen molar-refractivity contribution in [1.82, 2.24) is 4.90 Å². The van der Waals surface area contributed by atoms with Crippen molar-refractivity contribution in [1.29, 1.82) is 0 Å². The van der Waals surface area contributed by atoms with Crippen LogP contribution in [0.3, 0.4) is 0 Å². The molecule has 1 fully saturated rings.